The number of carbonyl (C=O) groups excluding carboxylic acids is 1. The van der Waals surface area contributed by atoms with Crippen LogP contribution in [0.15, 0.2) is 66.4 Å². The Hall–Kier alpha value is -3.06. The molecule has 1 N–H and O–H groups in total. The lowest BCUT2D eigenvalue weighted by atomic mass is 10.2. The highest BCUT2D eigenvalue weighted by molar-refractivity contribution is 6.06. The molecule has 0 aliphatic heterocycles. The lowest BCUT2D eigenvalue weighted by Crippen LogP contribution is -2.21. The predicted octanol–water partition coefficient (Wildman–Crippen LogP) is 3.86. The van der Waals surface area contributed by atoms with Crippen LogP contribution in [0.5, 0.6) is 0 Å². The van der Waals surface area contributed by atoms with E-state index in [0.717, 1.165) is 11.1 Å². The van der Waals surface area contributed by atoms with Crippen LogP contribution in [0.2, 0.25) is 0 Å². The van der Waals surface area contributed by atoms with Crippen LogP contribution in [0.3, 0.4) is 0 Å². The second-order valence-corrected chi connectivity index (χ2v) is 5.52. The van der Waals surface area contributed by atoms with Crippen LogP contribution in [0.25, 0.3) is 0 Å². The number of nitrogens with zero attached hydrogens (tertiary/aromatic N) is 2. The summed E-state index contributed by atoms with van der Waals surface area (Å²) in [5.74, 6) is -0.395. The number of rotatable bonds is 6. The summed E-state index contributed by atoms with van der Waals surface area (Å²) in [6.07, 6.45) is 1.62. The normalized spacial score (nSPS) is 10.8. The van der Waals surface area contributed by atoms with E-state index in [1.807, 2.05) is 79.4 Å². The third-order valence-corrected chi connectivity index (χ3v) is 3.62. The molecule has 0 bridgehead atoms. The van der Waals surface area contributed by atoms with Crippen molar-refractivity contribution in [1.82, 2.24) is 4.90 Å². The van der Waals surface area contributed by atoms with Gasteiger partial charge in [-0.2, -0.15) is 5.26 Å². The van der Waals surface area contributed by atoms with Crippen LogP contribution in [0.4, 0.5) is 5.69 Å². The van der Waals surface area contributed by atoms with E-state index < -0.39 is 5.91 Å². The Morgan fingerprint density at radius 3 is 2.42 bits per heavy atom. The number of nitrogens with one attached hydrogen (secondary N) is 1. The minimum Gasteiger partial charge on any atom is -0.372 e. The van der Waals surface area contributed by atoms with Crippen molar-refractivity contribution >= 4 is 11.6 Å². The molecule has 0 aliphatic rings. The highest BCUT2D eigenvalue weighted by Gasteiger charge is 2.11. The zero-order valence-electron chi connectivity index (χ0n) is 14.0. The summed E-state index contributed by atoms with van der Waals surface area (Å²) in [4.78, 5) is 14.3. The second-order valence-electron chi connectivity index (χ2n) is 5.52. The molecule has 0 aromatic heterocycles. The highest BCUT2D eigenvalue weighted by Crippen LogP contribution is 2.11. The molecule has 0 heterocycles. The molecule has 2 aromatic rings. The molecule has 0 unspecified atom stereocenters. The van der Waals surface area contributed by atoms with Gasteiger partial charge in [0.2, 0.25) is 0 Å². The van der Waals surface area contributed by atoms with Crippen molar-refractivity contribution in [2.24, 2.45) is 0 Å². The van der Waals surface area contributed by atoms with E-state index in [4.69, 9.17) is 0 Å². The topological polar surface area (TPSA) is 56.1 Å². The van der Waals surface area contributed by atoms with Crippen LogP contribution < -0.4 is 5.32 Å². The van der Waals surface area contributed by atoms with Crippen molar-refractivity contribution in [2.45, 2.75) is 20.4 Å². The molecular weight excluding hydrogens is 298 g/mol. The number of hydrogen-bond donors (Lipinski definition) is 1. The van der Waals surface area contributed by atoms with Crippen LogP contribution in [-0.2, 0) is 11.3 Å². The number of anilines is 1. The van der Waals surface area contributed by atoms with E-state index in [0.29, 0.717) is 18.8 Å². The molecule has 0 radical (unpaired) electrons. The van der Waals surface area contributed by atoms with Gasteiger partial charge in [0.1, 0.15) is 11.6 Å². The summed E-state index contributed by atoms with van der Waals surface area (Å²) in [5.41, 5.74) is 3.02. The Bertz CT molecular complexity index is 743. The molecular formula is C20H21N3O. The highest BCUT2D eigenvalue weighted by atomic mass is 16.1. The lowest BCUT2D eigenvalue weighted by molar-refractivity contribution is -0.112. The zero-order chi connectivity index (χ0) is 17.4. The van der Waals surface area contributed by atoms with Gasteiger partial charge in [0.05, 0.1) is 0 Å². The number of amides is 1. The van der Waals surface area contributed by atoms with E-state index in [-0.39, 0.29) is 5.57 Å². The quantitative estimate of drug-likeness (QED) is 0.649. The first-order valence-electron chi connectivity index (χ1n) is 7.90. The summed E-state index contributed by atoms with van der Waals surface area (Å²) in [5, 5.41) is 12.1. The van der Waals surface area contributed by atoms with E-state index in [1.165, 1.54) is 0 Å². The van der Waals surface area contributed by atoms with Crippen LogP contribution in [-0.4, -0.2) is 17.4 Å². The number of hydrogen-bond acceptors (Lipinski definition) is 3. The number of nitriles is 1. The summed E-state index contributed by atoms with van der Waals surface area (Å²) in [6.45, 7) is 5.33. The van der Waals surface area contributed by atoms with Gasteiger partial charge in [0.25, 0.3) is 5.91 Å². The Kier molecular flexibility index (Phi) is 6.16. The van der Waals surface area contributed by atoms with Crippen molar-refractivity contribution in [3.8, 4) is 6.07 Å². The van der Waals surface area contributed by atoms with Crippen molar-refractivity contribution in [3.63, 3.8) is 0 Å². The molecule has 4 heteroatoms. The van der Waals surface area contributed by atoms with Gasteiger partial charge in [0, 0.05) is 25.0 Å². The zero-order valence-corrected chi connectivity index (χ0v) is 14.0. The van der Waals surface area contributed by atoms with Gasteiger partial charge < -0.3 is 10.2 Å². The fraction of sp³-hybridized carbons (Fsp3) is 0.200. The first-order chi connectivity index (χ1) is 11.6. The Morgan fingerprint density at radius 1 is 1.17 bits per heavy atom. The SMILES string of the molecule is CCN(/C=C(/C#N)C(=O)Nc1ccc(C)cc1)Cc1ccccc1. The molecule has 122 valence electrons. The molecule has 1 amide bonds. The fourth-order valence-electron chi connectivity index (χ4n) is 2.22. The molecule has 2 rings (SSSR count). The van der Waals surface area contributed by atoms with Crippen molar-refractivity contribution in [2.75, 3.05) is 11.9 Å². The second kappa shape index (κ2) is 8.54. The molecule has 0 saturated carbocycles. The third-order valence-electron chi connectivity index (χ3n) is 3.62. The average molecular weight is 319 g/mol. The van der Waals surface area contributed by atoms with E-state index >= 15 is 0 Å². The maximum absolute atomic E-state index is 12.3. The largest absolute Gasteiger partial charge is 0.372 e. The Morgan fingerprint density at radius 2 is 1.83 bits per heavy atom. The molecule has 0 atom stereocenters. The monoisotopic (exact) mass is 319 g/mol. The standard InChI is InChI=1S/C20H21N3O/c1-3-23(14-17-7-5-4-6-8-17)15-18(13-21)20(24)22-19-11-9-16(2)10-12-19/h4-12,15H,3,14H2,1-2H3,(H,22,24)/b18-15-. The van der Waals surface area contributed by atoms with Gasteiger partial charge in [0.15, 0.2) is 0 Å². The maximum atomic E-state index is 12.3. The Balaban J connectivity index is 2.09. The molecule has 0 aliphatic carbocycles. The van der Waals surface area contributed by atoms with Crippen molar-refractivity contribution in [1.29, 1.82) is 5.26 Å². The van der Waals surface area contributed by atoms with Gasteiger partial charge >= 0.3 is 0 Å². The minimum atomic E-state index is -0.395. The molecule has 0 fully saturated rings. The van der Waals surface area contributed by atoms with Crippen LogP contribution in [0, 0.1) is 18.3 Å². The van der Waals surface area contributed by atoms with Gasteiger partial charge in [-0.05, 0) is 31.5 Å². The smallest absolute Gasteiger partial charge is 0.267 e. The van der Waals surface area contributed by atoms with Crippen LogP contribution in [0.1, 0.15) is 18.1 Å². The summed E-state index contributed by atoms with van der Waals surface area (Å²) < 4.78 is 0. The summed E-state index contributed by atoms with van der Waals surface area (Å²) in [7, 11) is 0. The van der Waals surface area contributed by atoms with Gasteiger partial charge in [-0.25, -0.2) is 0 Å². The lowest BCUT2D eigenvalue weighted by Gasteiger charge is -2.19. The van der Waals surface area contributed by atoms with Crippen molar-refractivity contribution < 1.29 is 4.79 Å². The summed E-state index contributed by atoms with van der Waals surface area (Å²) >= 11 is 0. The van der Waals surface area contributed by atoms with Crippen molar-refractivity contribution in [3.05, 3.63) is 77.5 Å². The fourth-order valence-corrected chi connectivity index (χ4v) is 2.22. The van der Waals surface area contributed by atoms with Gasteiger partial charge in [-0.3, -0.25) is 4.79 Å². The Labute approximate surface area is 143 Å². The molecule has 2 aromatic carbocycles. The molecule has 4 nitrogen and oxygen atoms in total. The van der Waals surface area contributed by atoms with E-state index in [1.54, 1.807) is 6.20 Å². The first kappa shape index (κ1) is 17.3. The van der Waals surface area contributed by atoms with E-state index in [2.05, 4.69) is 5.32 Å². The summed E-state index contributed by atoms with van der Waals surface area (Å²) in [6, 6.07) is 19.4. The number of benzene rings is 2. The number of carbonyl (C=O) groups is 1. The maximum Gasteiger partial charge on any atom is 0.267 e. The molecule has 0 saturated heterocycles. The van der Waals surface area contributed by atoms with E-state index in [9.17, 15) is 10.1 Å². The molecule has 0 spiro atoms. The average Bonchev–Trinajstić information content (AvgIpc) is 2.61. The third kappa shape index (κ3) is 4.99. The minimum absolute atomic E-state index is 0.0911. The number of aryl methyl sites for hydroxylation is 1. The van der Waals surface area contributed by atoms with Gasteiger partial charge in [-0.15, -0.1) is 0 Å². The predicted molar refractivity (Wildman–Crippen MR) is 96.0 cm³/mol. The molecule has 24 heavy (non-hydrogen) atoms. The van der Waals surface area contributed by atoms with Gasteiger partial charge in [-0.1, -0.05) is 48.0 Å². The first-order valence-corrected chi connectivity index (χ1v) is 7.90. The van der Waals surface area contributed by atoms with Crippen LogP contribution >= 0.6 is 0 Å².